The quantitative estimate of drug-likeness (QED) is 0.859. The lowest BCUT2D eigenvalue weighted by Crippen LogP contribution is -2.30. The van der Waals surface area contributed by atoms with Gasteiger partial charge in [0.05, 0.1) is 14.2 Å². The summed E-state index contributed by atoms with van der Waals surface area (Å²) in [5.74, 6) is 1.39. The molecule has 0 aliphatic heterocycles. The van der Waals surface area contributed by atoms with Gasteiger partial charge in [0, 0.05) is 12.2 Å². The summed E-state index contributed by atoms with van der Waals surface area (Å²) in [6.07, 6.45) is 0.710. The molecule has 5 heteroatoms. The highest BCUT2D eigenvalue weighted by Crippen LogP contribution is 2.27. The molecule has 0 saturated heterocycles. The van der Waals surface area contributed by atoms with E-state index in [9.17, 15) is 4.79 Å². The molecule has 0 spiro atoms. The van der Waals surface area contributed by atoms with Crippen LogP contribution in [0.25, 0.3) is 0 Å². The number of rotatable bonds is 6. The molecule has 23 heavy (non-hydrogen) atoms. The number of aryl methyl sites for hydroxylation is 1. The Bertz CT molecular complexity index is 671. The second-order valence-electron chi connectivity index (χ2n) is 5.14. The molecular weight excluding hydrogens is 292 g/mol. The first-order chi connectivity index (χ1) is 11.1. The van der Waals surface area contributed by atoms with Gasteiger partial charge in [0.25, 0.3) is 0 Å². The van der Waals surface area contributed by atoms with Gasteiger partial charge in [0.15, 0.2) is 11.5 Å². The zero-order valence-corrected chi connectivity index (χ0v) is 13.7. The summed E-state index contributed by atoms with van der Waals surface area (Å²) < 4.78 is 10.5. The average Bonchev–Trinajstić information content (AvgIpc) is 2.56. The first-order valence-electron chi connectivity index (χ1n) is 7.45. The molecule has 0 unspecified atom stereocenters. The van der Waals surface area contributed by atoms with Crippen LogP contribution in [-0.4, -0.2) is 26.8 Å². The van der Waals surface area contributed by atoms with Crippen molar-refractivity contribution in [3.63, 3.8) is 0 Å². The van der Waals surface area contributed by atoms with Crippen LogP contribution in [0.15, 0.2) is 42.5 Å². The van der Waals surface area contributed by atoms with Crippen LogP contribution in [0.1, 0.15) is 11.1 Å². The fourth-order valence-corrected chi connectivity index (χ4v) is 2.24. The zero-order chi connectivity index (χ0) is 16.7. The molecule has 2 aromatic rings. The standard InChI is InChI=1S/C18H22N2O3/c1-13-6-4-5-7-15(13)20-18(21)19-11-10-14-8-9-16(22-2)17(12-14)23-3/h4-9,12H,10-11H2,1-3H3,(H2,19,20,21). The topological polar surface area (TPSA) is 59.6 Å². The maximum absolute atomic E-state index is 11.9. The van der Waals surface area contributed by atoms with Crippen LogP contribution in [0, 0.1) is 6.92 Å². The Morgan fingerprint density at radius 3 is 2.48 bits per heavy atom. The molecule has 0 aromatic heterocycles. The maximum atomic E-state index is 11.9. The summed E-state index contributed by atoms with van der Waals surface area (Å²) in [5, 5.41) is 5.69. The third-order valence-electron chi connectivity index (χ3n) is 3.54. The molecule has 122 valence electrons. The van der Waals surface area contributed by atoms with Gasteiger partial charge in [-0.2, -0.15) is 0 Å². The van der Waals surface area contributed by atoms with Crippen molar-refractivity contribution in [2.75, 3.05) is 26.1 Å². The largest absolute Gasteiger partial charge is 0.493 e. The van der Waals surface area contributed by atoms with E-state index in [1.54, 1.807) is 14.2 Å². The molecule has 2 rings (SSSR count). The molecule has 2 N–H and O–H groups in total. The maximum Gasteiger partial charge on any atom is 0.319 e. The number of nitrogens with one attached hydrogen (secondary N) is 2. The Hall–Kier alpha value is -2.69. The number of para-hydroxylation sites is 1. The van der Waals surface area contributed by atoms with Crippen molar-refractivity contribution in [1.29, 1.82) is 0 Å². The van der Waals surface area contributed by atoms with E-state index in [0.717, 1.165) is 16.8 Å². The zero-order valence-electron chi connectivity index (χ0n) is 13.7. The molecule has 0 radical (unpaired) electrons. The van der Waals surface area contributed by atoms with Gasteiger partial charge in [-0.25, -0.2) is 4.79 Å². The number of hydrogen-bond acceptors (Lipinski definition) is 3. The fraction of sp³-hybridized carbons (Fsp3) is 0.278. The van der Waals surface area contributed by atoms with Crippen molar-refractivity contribution in [2.24, 2.45) is 0 Å². The Labute approximate surface area is 136 Å². The Morgan fingerprint density at radius 1 is 1.04 bits per heavy atom. The molecule has 2 amide bonds. The normalized spacial score (nSPS) is 10.0. The average molecular weight is 314 g/mol. The molecule has 0 aliphatic carbocycles. The van der Waals surface area contributed by atoms with Crippen LogP contribution < -0.4 is 20.1 Å². The lowest BCUT2D eigenvalue weighted by Gasteiger charge is -2.11. The van der Waals surface area contributed by atoms with Crippen LogP contribution in [0.4, 0.5) is 10.5 Å². The van der Waals surface area contributed by atoms with Crippen LogP contribution in [0.3, 0.4) is 0 Å². The summed E-state index contributed by atoms with van der Waals surface area (Å²) >= 11 is 0. The van der Waals surface area contributed by atoms with Gasteiger partial charge in [-0.05, 0) is 42.7 Å². The van der Waals surface area contributed by atoms with Gasteiger partial charge in [-0.15, -0.1) is 0 Å². The molecule has 2 aromatic carbocycles. The second-order valence-corrected chi connectivity index (χ2v) is 5.14. The van der Waals surface area contributed by atoms with E-state index in [1.807, 2.05) is 49.4 Å². The molecule has 0 atom stereocenters. The second kappa shape index (κ2) is 8.08. The number of anilines is 1. The summed E-state index contributed by atoms with van der Waals surface area (Å²) in [7, 11) is 3.21. The van der Waals surface area contributed by atoms with Gasteiger partial charge in [0.1, 0.15) is 0 Å². The minimum Gasteiger partial charge on any atom is -0.493 e. The first kappa shape index (κ1) is 16.7. The number of urea groups is 1. The molecule has 5 nitrogen and oxygen atoms in total. The van der Waals surface area contributed by atoms with Crippen LogP contribution in [0.5, 0.6) is 11.5 Å². The van der Waals surface area contributed by atoms with Crippen molar-refractivity contribution < 1.29 is 14.3 Å². The molecule has 0 saturated carbocycles. The minimum atomic E-state index is -0.209. The fourth-order valence-electron chi connectivity index (χ4n) is 2.24. The summed E-state index contributed by atoms with van der Waals surface area (Å²) in [4.78, 5) is 11.9. The van der Waals surface area contributed by atoms with E-state index in [1.165, 1.54) is 0 Å². The molecule has 0 fully saturated rings. The summed E-state index contributed by atoms with van der Waals surface area (Å²) in [6.45, 7) is 2.49. The van der Waals surface area contributed by atoms with Gasteiger partial charge in [-0.3, -0.25) is 0 Å². The van der Waals surface area contributed by atoms with E-state index in [0.29, 0.717) is 24.5 Å². The molecule has 0 bridgehead atoms. The highest BCUT2D eigenvalue weighted by molar-refractivity contribution is 5.89. The lowest BCUT2D eigenvalue weighted by atomic mass is 10.1. The predicted octanol–water partition coefficient (Wildman–Crippen LogP) is 3.38. The van der Waals surface area contributed by atoms with Crippen molar-refractivity contribution in [3.8, 4) is 11.5 Å². The van der Waals surface area contributed by atoms with E-state index in [2.05, 4.69) is 10.6 Å². The SMILES string of the molecule is COc1ccc(CCNC(=O)Nc2ccccc2C)cc1OC. The number of methoxy groups -OCH3 is 2. The number of amides is 2. The highest BCUT2D eigenvalue weighted by atomic mass is 16.5. The lowest BCUT2D eigenvalue weighted by molar-refractivity contribution is 0.252. The Balaban J connectivity index is 1.85. The minimum absolute atomic E-state index is 0.209. The Morgan fingerprint density at radius 2 is 1.78 bits per heavy atom. The van der Waals surface area contributed by atoms with E-state index < -0.39 is 0 Å². The molecular formula is C18H22N2O3. The summed E-state index contributed by atoms with van der Waals surface area (Å²) in [6, 6.07) is 13.2. The third kappa shape index (κ3) is 4.64. The Kier molecular flexibility index (Phi) is 5.86. The molecule has 0 aliphatic rings. The van der Waals surface area contributed by atoms with Crippen molar-refractivity contribution in [2.45, 2.75) is 13.3 Å². The van der Waals surface area contributed by atoms with Gasteiger partial charge < -0.3 is 20.1 Å². The van der Waals surface area contributed by atoms with Crippen LogP contribution in [0.2, 0.25) is 0 Å². The third-order valence-corrected chi connectivity index (χ3v) is 3.54. The summed E-state index contributed by atoms with van der Waals surface area (Å²) in [5.41, 5.74) is 2.91. The predicted molar refractivity (Wildman–Crippen MR) is 91.5 cm³/mol. The van der Waals surface area contributed by atoms with Gasteiger partial charge in [-0.1, -0.05) is 24.3 Å². The van der Waals surface area contributed by atoms with E-state index in [4.69, 9.17) is 9.47 Å². The number of hydrogen-bond donors (Lipinski definition) is 2. The van der Waals surface area contributed by atoms with Gasteiger partial charge in [0.2, 0.25) is 0 Å². The van der Waals surface area contributed by atoms with Crippen molar-refractivity contribution >= 4 is 11.7 Å². The van der Waals surface area contributed by atoms with Crippen molar-refractivity contribution in [1.82, 2.24) is 5.32 Å². The van der Waals surface area contributed by atoms with Crippen LogP contribution >= 0.6 is 0 Å². The van der Waals surface area contributed by atoms with E-state index in [-0.39, 0.29) is 6.03 Å². The van der Waals surface area contributed by atoms with E-state index >= 15 is 0 Å². The van der Waals surface area contributed by atoms with Gasteiger partial charge >= 0.3 is 6.03 Å². The highest BCUT2D eigenvalue weighted by Gasteiger charge is 2.06. The molecule has 0 heterocycles. The monoisotopic (exact) mass is 314 g/mol. The van der Waals surface area contributed by atoms with Crippen LogP contribution in [-0.2, 0) is 6.42 Å². The number of carbonyl (C=O) groups excluding carboxylic acids is 1. The smallest absolute Gasteiger partial charge is 0.319 e. The number of carbonyl (C=O) groups is 1. The number of ether oxygens (including phenoxy) is 2. The number of benzene rings is 2. The first-order valence-corrected chi connectivity index (χ1v) is 7.45. The van der Waals surface area contributed by atoms with Crippen molar-refractivity contribution in [3.05, 3.63) is 53.6 Å².